The number of hydrogen-bond acceptors (Lipinski definition) is 4. The zero-order valence-electron chi connectivity index (χ0n) is 16.7. The molecule has 1 aliphatic carbocycles. The number of amides is 1. The molecule has 1 saturated carbocycles. The van der Waals surface area contributed by atoms with E-state index in [2.05, 4.69) is 20.6 Å². The molecular weight excluding hydrogens is 400 g/mol. The summed E-state index contributed by atoms with van der Waals surface area (Å²) in [5.41, 5.74) is 3.39. The predicted molar refractivity (Wildman–Crippen MR) is 120 cm³/mol. The van der Waals surface area contributed by atoms with Gasteiger partial charge in [0.05, 0.1) is 27.3 Å². The Morgan fingerprint density at radius 1 is 1.20 bits per heavy atom. The molecule has 1 fully saturated rings. The molecule has 1 aliphatic rings. The van der Waals surface area contributed by atoms with Crippen LogP contribution in [0.1, 0.15) is 48.2 Å². The quantitative estimate of drug-likeness (QED) is 0.372. The molecule has 2 aromatic heterocycles. The minimum absolute atomic E-state index is 0.105. The number of furan rings is 1. The van der Waals surface area contributed by atoms with Gasteiger partial charge in [0.25, 0.3) is 5.91 Å². The van der Waals surface area contributed by atoms with Crippen molar-refractivity contribution in [2.24, 2.45) is 0 Å². The van der Waals surface area contributed by atoms with E-state index in [9.17, 15) is 4.79 Å². The number of nitrogens with one attached hydrogen (secondary N) is 3. The van der Waals surface area contributed by atoms with E-state index in [-0.39, 0.29) is 11.9 Å². The minimum Gasteiger partial charge on any atom is -0.460 e. The predicted octanol–water partition coefficient (Wildman–Crippen LogP) is 6.08. The van der Waals surface area contributed by atoms with Crippen LogP contribution in [0, 0.1) is 6.92 Å². The van der Waals surface area contributed by atoms with Crippen molar-refractivity contribution in [1.29, 1.82) is 0 Å². The summed E-state index contributed by atoms with van der Waals surface area (Å²) in [4.78, 5) is 21.0. The van der Waals surface area contributed by atoms with Gasteiger partial charge in [-0.05, 0) is 44.0 Å². The number of fused-ring (bicyclic) bond motifs is 3. The van der Waals surface area contributed by atoms with Crippen LogP contribution < -0.4 is 10.6 Å². The Balaban J connectivity index is 1.54. The second kappa shape index (κ2) is 7.69. The molecule has 0 radical (unpaired) electrons. The Bertz CT molecular complexity index is 1240. The maximum absolute atomic E-state index is 13.1. The third-order valence-electron chi connectivity index (χ3n) is 5.69. The summed E-state index contributed by atoms with van der Waals surface area (Å²) in [5.74, 6) is 1.20. The summed E-state index contributed by atoms with van der Waals surface area (Å²) in [5, 5.41) is 7.86. The SMILES string of the molecule is Cc1cc2c(o1)c(C(=O)NC1CCCCC1)cc1nc(Nc3ccccc3Cl)[nH]c12. The molecule has 0 unspecified atom stereocenters. The number of carbonyl (C=O) groups excluding carboxylic acids is 1. The van der Waals surface area contributed by atoms with Crippen LogP contribution in [0.3, 0.4) is 0 Å². The van der Waals surface area contributed by atoms with Gasteiger partial charge in [-0.2, -0.15) is 0 Å². The average Bonchev–Trinajstić information content (AvgIpc) is 3.32. The van der Waals surface area contributed by atoms with Crippen LogP contribution >= 0.6 is 11.6 Å². The van der Waals surface area contributed by atoms with Gasteiger partial charge in [-0.25, -0.2) is 4.98 Å². The highest BCUT2D eigenvalue weighted by atomic mass is 35.5. The van der Waals surface area contributed by atoms with Crippen LogP contribution in [-0.4, -0.2) is 21.9 Å². The van der Waals surface area contributed by atoms with Crippen molar-refractivity contribution < 1.29 is 9.21 Å². The Morgan fingerprint density at radius 3 is 2.80 bits per heavy atom. The number of benzene rings is 2. The number of nitrogens with zero attached hydrogens (tertiary/aromatic N) is 1. The third kappa shape index (κ3) is 3.52. The maximum Gasteiger partial charge on any atom is 0.255 e. The Morgan fingerprint density at radius 2 is 2.00 bits per heavy atom. The molecule has 1 amide bonds. The second-order valence-corrected chi connectivity index (χ2v) is 8.32. The number of rotatable bonds is 4. The Hall–Kier alpha value is -2.99. The summed E-state index contributed by atoms with van der Waals surface area (Å²) in [6.45, 7) is 1.88. The Kier molecular flexibility index (Phi) is 4.87. The van der Waals surface area contributed by atoms with Gasteiger partial charge < -0.3 is 20.0 Å². The fourth-order valence-corrected chi connectivity index (χ4v) is 4.41. The van der Waals surface area contributed by atoms with Crippen LogP contribution in [0.25, 0.3) is 22.0 Å². The summed E-state index contributed by atoms with van der Waals surface area (Å²) < 4.78 is 5.91. The van der Waals surface area contributed by atoms with Crippen LogP contribution in [-0.2, 0) is 0 Å². The molecule has 5 rings (SSSR count). The lowest BCUT2D eigenvalue weighted by Gasteiger charge is -2.22. The number of para-hydroxylation sites is 1. The first-order valence-electron chi connectivity index (χ1n) is 10.3. The number of hydrogen-bond donors (Lipinski definition) is 3. The van der Waals surface area contributed by atoms with E-state index < -0.39 is 0 Å². The normalized spacial score (nSPS) is 15.0. The van der Waals surface area contributed by atoms with Crippen molar-refractivity contribution in [2.45, 2.75) is 45.1 Å². The number of halogens is 1. The molecular formula is C23H23ClN4O2. The first kappa shape index (κ1) is 19.0. The smallest absolute Gasteiger partial charge is 0.255 e. The largest absolute Gasteiger partial charge is 0.460 e. The fourth-order valence-electron chi connectivity index (χ4n) is 4.23. The van der Waals surface area contributed by atoms with Gasteiger partial charge in [0, 0.05) is 11.4 Å². The van der Waals surface area contributed by atoms with Crippen molar-refractivity contribution in [2.75, 3.05) is 5.32 Å². The topological polar surface area (TPSA) is 82.9 Å². The molecule has 0 bridgehead atoms. The zero-order chi connectivity index (χ0) is 20.7. The number of carbonyl (C=O) groups is 1. The van der Waals surface area contributed by atoms with Crippen molar-refractivity contribution in [3.8, 4) is 0 Å². The van der Waals surface area contributed by atoms with E-state index in [1.807, 2.05) is 37.3 Å². The van der Waals surface area contributed by atoms with Crippen molar-refractivity contribution in [1.82, 2.24) is 15.3 Å². The van der Waals surface area contributed by atoms with E-state index in [0.29, 0.717) is 27.6 Å². The molecule has 0 aliphatic heterocycles. The number of anilines is 2. The molecule has 4 aromatic rings. The monoisotopic (exact) mass is 422 g/mol. The van der Waals surface area contributed by atoms with E-state index in [4.69, 9.17) is 16.0 Å². The zero-order valence-corrected chi connectivity index (χ0v) is 17.5. The van der Waals surface area contributed by atoms with Crippen molar-refractivity contribution >= 4 is 51.1 Å². The molecule has 0 saturated heterocycles. The van der Waals surface area contributed by atoms with Gasteiger partial charge in [-0.15, -0.1) is 0 Å². The van der Waals surface area contributed by atoms with Gasteiger partial charge >= 0.3 is 0 Å². The van der Waals surface area contributed by atoms with Gasteiger partial charge in [-0.1, -0.05) is 43.0 Å². The first-order valence-corrected chi connectivity index (χ1v) is 10.7. The first-order chi connectivity index (χ1) is 14.6. The van der Waals surface area contributed by atoms with E-state index in [1.54, 1.807) is 6.07 Å². The lowest BCUT2D eigenvalue weighted by molar-refractivity contribution is 0.0928. The van der Waals surface area contributed by atoms with Gasteiger partial charge in [0.2, 0.25) is 5.95 Å². The number of aryl methyl sites for hydroxylation is 1. The lowest BCUT2D eigenvalue weighted by atomic mass is 9.95. The maximum atomic E-state index is 13.1. The molecule has 3 N–H and O–H groups in total. The molecule has 2 heterocycles. The molecule has 30 heavy (non-hydrogen) atoms. The molecule has 0 atom stereocenters. The minimum atomic E-state index is -0.105. The van der Waals surface area contributed by atoms with E-state index in [1.165, 1.54) is 6.42 Å². The highest BCUT2D eigenvalue weighted by Gasteiger charge is 2.22. The van der Waals surface area contributed by atoms with E-state index in [0.717, 1.165) is 48.0 Å². The number of imidazole rings is 1. The van der Waals surface area contributed by atoms with Gasteiger partial charge in [-0.3, -0.25) is 4.79 Å². The summed E-state index contributed by atoms with van der Waals surface area (Å²) >= 11 is 6.26. The molecule has 0 spiro atoms. The summed E-state index contributed by atoms with van der Waals surface area (Å²) in [6, 6.07) is 11.4. The molecule has 6 nitrogen and oxygen atoms in total. The van der Waals surface area contributed by atoms with Crippen molar-refractivity contribution in [3.63, 3.8) is 0 Å². The van der Waals surface area contributed by atoms with E-state index >= 15 is 0 Å². The molecule has 7 heteroatoms. The molecule has 154 valence electrons. The second-order valence-electron chi connectivity index (χ2n) is 7.92. The lowest BCUT2D eigenvalue weighted by Crippen LogP contribution is -2.36. The highest BCUT2D eigenvalue weighted by Crippen LogP contribution is 2.32. The summed E-state index contributed by atoms with van der Waals surface area (Å²) in [7, 11) is 0. The number of aromatic nitrogens is 2. The van der Waals surface area contributed by atoms with Crippen LogP contribution in [0.5, 0.6) is 0 Å². The standard InChI is InChI=1S/C23H23ClN4O2/c1-13-11-15-20-19(27-23(28-20)26-18-10-6-5-9-17(18)24)12-16(21(15)30-13)22(29)25-14-7-3-2-4-8-14/h5-6,9-12,14H,2-4,7-8H2,1H3,(H,25,29)(H2,26,27,28). The van der Waals surface area contributed by atoms with Crippen LogP contribution in [0.2, 0.25) is 5.02 Å². The summed E-state index contributed by atoms with van der Waals surface area (Å²) in [6.07, 6.45) is 5.63. The van der Waals surface area contributed by atoms with Gasteiger partial charge in [0.15, 0.2) is 0 Å². The number of H-pyrrole nitrogens is 1. The average molecular weight is 423 g/mol. The Labute approximate surface area is 179 Å². The van der Waals surface area contributed by atoms with Crippen molar-refractivity contribution in [3.05, 3.63) is 52.7 Å². The van der Waals surface area contributed by atoms with Gasteiger partial charge in [0.1, 0.15) is 11.3 Å². The fraction of sp³-hybridized carbons (Fsp3) is 0.304. The highest BCUT2D eigenvalue weighted by molar-refractivity contribution is 6.33. The van der Waals surface area contributed by atoms with Crippen LogP contribution in [0.15, 0.2) is 40.8 Å². The number of aromatic amines is 1. The molecule has 2 aromatic carbocycles. The third-order valence-corrected chi connectivity index (χ3v) is 6.02. The van der Waals surface area contributed by atoms with Crippen LogP contribution in [0.4, 0.5) is 11.6 Å².